The van der Waals surface area contributed by atoms with Crippen molar-refractivity contribution in [1.82, 2.24) is 10.2 Å². The van der Waals surface area contributed by atoms with E-state index in [-0.39, 0.29) is 36.5 Å². The molecule has 1 aliphatic heterocycles. The zero-order chi connectivity index (χ0) is 24.2. The van der Waals surface area contributed by atoms with E-state index in [1.54, 1.807) is 32.0 Å². The Bertz CT molecular complexity index is 873. The summed E-state index contributed by atoms with van der Waals surface area (Å²) in [5, 5.41) is 2.99. The molecule has 2 aromatic rings. The molecule has 6 nitrogen and oxygen atoms in total. The summed E-state index contributed by atoms with van der Waals surface area (Å²) in [6.07, 6.45) is 2.79. The molecule has 180 valence electrons. The van der Waals surface area contributed by atoms with Crippen LogP contribution >= 0.6 is 0 Å². The molecule has 1 N–H and O–H groups in total. The highest BCUT2D eigenvalue weighted by molar-refractivity contribution is 5.82. The molecule has 1 aliphatic rings. The molecule has 0 aromatic heterocycles. The first kappa shape index (κ1) is 26.3. The predicted molar refractivity (Wildman–Crippen MR) is 126 cm³/mol. The lowest BCUT2D eigenvalue weighted by molar-refractivity contribution is -0.132. The summed E-state index contributed by atoms with van der Waals surface area (Å²) >= 11 is 0. The number of hydrogen-bond donors (Lipinski definition) is 1. The monoisotopic (exact) mass is 458 g/mol. The molecule has 2 atom stereocenters. The third-order valence-corrected chi connectivity index (χ3v) is 5.49. The first-order chi connectivity index (χ1) is 15.9. The molecular formula is C26H35FN2O4. The highest BCUT2D eigenvalue weighted by Gasteiger charge is 2.35. The van der Waals surface area contributed by atoms with Gasteiger partial charge in [-0.1, -0.05) is 37.3 Å². The molecule has 0 radical (unpaired) electrons. The van der Waals surface area contributed by atoms with Gasteiger partial charge in [0, 0.05) is 18.2 Å². The molecule has 2 aromatic carbocycles. The fourth-order valence-corrected chi connectivity index (χ4v) is 3.70. The Morgan fingerprint density at radius 3 is 2.45 bits per heavy atom. The van der Waals surface area contributed by atoms with Crippen molar-refractivity contribution in [2.45, 2.75) is 64.8 Å². The summed E-state index contributed by atoms with van der Waals surface area (Å²) in [4.78, 5) is 23.8. The molecular weight excluding hydrogens is 423 g/mol. The van der Waals surface area contributed by atoms with Crippen molar-refractivity contribution in [2.75, 3.05) is 13.6 Å². The fraction of sp³-hybridized carbons (Fsp3) is 0.462. The lowest BCUT2D eigenvalue weighted by atomic mass is 10.0. The molecule has 3 rings (SSSR count). The molecule has 2 unspecified atom stereocenters. The van der Waals surface area contributed by atoms with Gasteiger partial charge in [0.15, 0.2) is 0 Å². The van der Waals surface area contributed by atoms with Gasteiger partial charge in [-0.25, -0.2) is 4.39 Å². The van der Waals surface area contributed by atoms with Crippen molar-refractivity contribution >= 4 is 12.4 Å². The van der Waals surface area contributed by atoms with E-state index in [1.165, 1.54) is 11.6 Å². The minimum atomic E-state index is -0.255. The van der Waals surface area contributed by atoms with E-state index >= 15 is 0 Å². The molecule has 0 bridgehead atoms. The fourth-order valence-electron chi connectivity index (χ4n) is 3.70. The standard InChI is InChI=1S/C22H27FN2O2.C4H8O2/c1-3-14-24-22(26)21-13-12-20(25(21)2)16-8-10-18(11-9-16)27-15-17-6-4-5-7-19(17)23;1-4(2)6-3-5/h4-11,20-21H,3,12-15H2,1-2H3,(H,24,26);3-4H,1-2H3. The van der Waals surface area contributed by atoms with E-state index in [2.05, 4.69) is 21.9 Å². The second-order valence-electron chi connectivity index (χ2n) is 8.30. The van der Waals surface area contributed by atoms with Crippen molar-refractivity contribution < 1.29 is 23.5 Å². The maximum atomic E-state index is 13.7. The van der Waals surface area contributed by atoms with Gasteiger partial charge in [0.2, 0.25) is 5.91 Å². The number of benzene rings is 2. The Morgan fingerprint density at radius 1 is 1.18 bits per heavy atom. The van der Waals surface area contributed by atoms with Crippen molar-refractivity contribution in [3.8, 4) is 5.75 Å². The average Bonchev–Trinajstić information content (AvgIpc) is 3.19. The molecule has 1 saturated heterocycles. The van der Waals surface area contributed by atoms with E-state index in [4.69, 9.17) is 4.74 Å². The van der Waals surface area contributed by atoms with Crippen molar-refractivity contribution in [3.63, 3.8) is 0 Å². The van der Waals surface area contributed by atoms with Crippen LogP contribution in [0.3, 0.4) is 0 Å². The van der Waals surface area contributed by atoms with E-state index in [0.29, 0.717) is 17.8 Å². The lowest BCUT2D eigenvalue weighted by Crippen LogP contribution is -2.42. The van der Waals surface area contributed by atoms with Crippen LogP contribution in [-0.2, 0) is 20.9 Å². The number of amides is 1. The summed E-state index contributed by atoms with van der Waals surface area (Å²) in [6, 6.07) is 14.7. The van der Waals surface area contributed by atoms with Gasteiger partial charge in [0.05, 0.1) is 12.1 Å². The number of hydrogen-bond acceptors (Lipinski definition) is 5. The Hall–Kier alpha value is -2.93. The molecule has 0 saturated carbocycles. The maximum absolute atomic E-state index is 13.7. The first-order valence-electron chi connectivity index (χ1n) is 11.4. The van der Waals surface area contributed by atoms with E-state index in [0.717, 1.165) is 25.8 Å². The smallest absolute Gasteiger partial charge is 0.293 e. The van der Waals surface area contributed by atoms with Gasteiger partial charge in [-0.2, -0.15) is 0 Å². The summed E-state index contributed by atoms with van der Waals surface area (Å²) in [6.45, 7) is 7.03. The van der Waals surface area contributed by atoms with Crippen LogP contribution in [-0.4, -0.2) is 43.0 Å². The Balaban J connectivity index is 0.000000569. The number of carbonyl (C=O) groups is 2. The molecule has 7 heteroatoms. The predicted octanol–water partition coefficient (Wildman–Crippen LogP) is 4.63. The second kappa shape index (κ2) is 13.6. The Morgan fingerprint density at radius 2 is 1.88 bits per heavy atom. The summed E-state index contributed by atoms with van der Waals surface area (Å²) < 4.78 is 23.7. The van der Waals surface area contributed by atoms with E-state index in [9.17, 15) is 14.0 Å². The van der Waals surface area contributed by atoms with Gasteiger partial charge >= 0.3 is 0 Å². The van der Waals surface area contributed by atoms with Gasteiger partial charge in [-0.05, 0) is 63.9 Å². The Labute approximate surface area is 196 Å². The molecule has 33 heavy (non-hydrogen) atoms. The van der Waals surface area contributed by atoms with Crippen LogP contribution in [0.5, 0.6) is 5.75 Å². The number of carbonyl (C=O) groups excluding carboxylic acids is 2. The van der Waals surface area contributed by atoms with E-state index < -0.39 is 0 Å². The maximum Gasteiger partial charge on any atom is 0.293 e. The summed E-state index contributed by atoms with van der Waals surface area (Å²) in [5.41, 5.74) is 1.71. The largest absolute Gasteiger partial charge is 0.489 e. The first-order valence-corrected chi connectivity index (χ1v) is 11.4. The van der Waals surface area contributed by atoms with Crippen LogP contribution in [0.2, 0.25) is 0 Å². The molecule has 1 fully saturated rings. The number of ether oxygens (including phenoxy) is 2. The molecule has 1 heterocycles. The number of halogens is 1. The molecule has 0 spiro atoms. The number of likely N-dealkylation sites (tertiary alicyclic amines) is 1. The van der Waals surface area contributed by atoms with Crippen LogP contribution in [0.15, 0.2) is 48.5 Å². The van der Waals surface area contributed by atoms with Gasteiger partial charge in [0.25, 0.3) is 6.47 Å². The zero-order valence-corrected chi connectivity index (χ0v) is 19.9. The number of likely N-dealkylation sites (N-methyl/N-ethyl adjacent to an activating group) is 1. The third kappa shape index (κ3) is 8.17. The SMILES string of the molecule is CC(C)OC=O.CCCNC(=O)C1CCC(c2ccc(OCc3ccccc3F)cc2)N1C. The topological polar surface area (TPSA) is 67.9 Å². The highest BCUT2D eigenvalue weighted by Crippen LogP contribution is 2.35. The number of rotatable bonds is 9. The minimum absolute atomic E-state index is 0.0301. The zero-order valence-electron chi connectivity index (χ0n) is 19.9. The van der Waals surface area contributed by atoms with Gasteiger partial charge in [-0.3, -0.25) is 14.5 Å². The normalized spacial score (nSPS) is 17.8. The number of nitrogens with one attached hydrogen (secondary N) is 1. The number of nitrogens with zero attached hydrogens (tertiary/aromatic N) is 1. The van der Waals surface area contributed by atoms with Crippen LogP contribution in [0.1, 0.15) is 57.2 Å². The minimum Gasteiger partial charge on any atom is -0.489 e. The molecule has 0 aliphatic carbocycles. The highest BCUT2D eigenvalue weighted by atomic mass is 19.1. The second-order valence-corrected chi connectivity index (χ2v) is 8.30. The van der Waals surface area contributed by atoms with Gasteiger partial charge in [0.1, 0.15) is 18.2 Å². The molecule has 1 amide bonds. The van der Waals surface area contributed by atoms with Crippen molar-refractivity contribution in [1.29, 1.82) is 0 Å². The van der Waals surface area contributed by atoms with Crippen LogP contribution in [0, 0.1) is 5.82 Å². The van der Waals surface area contributed by atoms with Crippen molar-refractivity contribution in [3.05, 3.63) is 65.5 Å². The third-order valence-electron chi connectivity index (χ3n) is 5.49. The van der Waals surface area contributed by atoms with E-state index in [1.807, 2.05) is 31.3 Å². The quantitative estimate of drug-likeness (QED) is 0.555. The van der Waals surface area contributed by atoms with Crippen LogP contribution < -0.4 is 10.1 Å². The summed E-state index contributed by atoms with van der Waals surface area (Å²) in [7, 11) is 2.01. The lowest BCUT2D eigenvalue weighted by Gasteiger charge is -2.25. The van der Waals surface area contributed by atoms with Crippen molar-refractivity contribution in [2.24, 2.45) is 0 Å². The Kier molecular flexibility index (Phi) is 10.8. The van der Waals surface area contributed by atoms with Crippen LogP contribution in [0.4, 0.5) is 4.39 Å². The average molecular weight is 459 g/mol. The van der Waals surface area contributed by atoms with Crippen LogP contribution in [0.25, 0.3) is 0 Å². The van der Waals surface area contributed by atoms with Gasteiger partial charge < -0.3 is 14.8 Å². The summed E-state index contributed by atoms with van der Waals surface area (Å²) in [5.74, 6) is 0.570. The van der Waals surface area contributed by atoms with Gasteiger partial charge in [-0.15, -0.1) is 0 Å².